The van der Waals surface area contributed by atoms with E-state index in [1.54, 1.807) is 24.7 Å². The first-order valence-corrected chi connectivity index (χ1v) is 8.85. The van der Waals surface area contributed by atoms with E-state index in [2.05, 4.69) is 32.1 Å². The van der Waals surface area contributed by atoms with E-state index in [9.17, 15) is 4.79 Å². The van der Waals surface area contributed by atoms with Crippen LogP contribution in [0.2, 0.25) is 0 Å². The monoisotopic (exact) mass is 372 g/mol. The predicted octanol–water partition coefficient (Wildman–Crippen LogP) is 3.13. The van der Waals surface area contributed by atoms with Crippen molar-refractivity contribution in [3.05, 3.63) is 78.0 Å². The third kappa shape index (κ3) is 5.92. The zero-order valence-electron chi connectivity index (χ0n) is 15.7. The maximum absolute atomic E-state index is 11.1. The van der Waals surface area contributed by atoms with Crippen molar-refractivity contribution in [2.75, 3.05) is 0 Å². The number of carbonyl (C=O) groups excluding carboxylic acids is 1. The fourth-order valence-electron chi connectivity index (χ4n) is 2.59. The Morgan fingerprint density at radius 1 is 1.04 bits per heavy atom. The number of hydrogen-bond acceptors (Lipinski definition) is 5. The molecule has 0 bridgehead atoms. The molecular formula is C22H20N4O2. The van der Waals surface area contributed by atoms with Gasteiger partial charge in [-0.3, -0.25) is 4.79 Å². The number of aromatic nitrogens is 3. The Morgan fingerprint density at radius 3 is 2.36 bits per heavy atom. The number of hydrogen-bond donors (Lipinski definition) is 1. The van der Waals surface area contributed by atoms with Crippen molar-refractivity contribution in [2.24, 2.45) is 0 Å². The van der Waals surface area contributed by atoms with E-state index >= 15 is 0 Å². The van der Waals surface area contributed by atoms with E-state index in [0.717, 1.165) is 23.1 Å². The summed E-state index contributed by atoms with van der Waals surface area (Å²) in [7, 11) is 0. The molecule has 6 nitrogen and oxygen atoms in total. The molecule has 0 saturated heterocycles. The Bertz CT molecular complexity index is 975. The number of amides is 1. The number of benzene rings is 1. The van der Waals surface area contributed by atoms with Gasteiger partial charge in [0.05, 0.1) is 12.4 Å². The van der Waals surface area contributed by atoms with E-state index in [-0.39, 0.29) is 11.9 Å². The first kappa shape index (κ1) is 19.1. The van der Waals surface area contributed by atoms with E-state index in [1.165, 1.54) is 13.3 Å². The van der Waals surface area contributed by atoms with Gasteiger partial charge in [-0.15, -0.1) is 0 Å². The fourth-order valence-corrected chi connectivity index (χ4v) is 2.59. The predicted molar refractivity (Wildman–Crippen MR) is 106 cm³/mol. The maximum Gasteiger partial charge on any atom is 0.219 e. The SMILES string of the molecule is CC(=O)NC(C)Cc1ccc(C#Cc2ccc(Oc3cncnc3)nc2)cc1. The Kier molecular flexibility index (Phi) is 6.32. The van der Waals surface area contributed by atoms with E-state index in [1.807, 2.05) is 37.3 Å². The lowest BCUT2D eigenvalue weighted by molar-refractivity contribution is -0.119. The van der Waals surface area contributed by atoms with Crippen molar-refractivity contribution >= 4 is 5.91 Å². The van der Waals surface area contributed by atoms with Crippen LogP contribution in [-0.4, -0.2) is 26.9 Å². The number of rotatable bonds is 5. The molecule has 28 heavy (non-hydrogen) atoms. The molecule has 0 fully saturated rings. The zero-order valence-corrected chi connectivity index (χ0v) is 15.7. The van der Waals surface area contributed by atoms with Gasteiger partial charge in [-0.25, -0.2) is 15.0 Å². The van der Waals surface area contributed by atoms with Crippen LogP contribution in [0, 0.1) is 11.8 Å². The number of ether oxygens (including phenoxy) is 1. The molecule has 6 heteroatoms. The average Bonchev–Trinajstić information content (AvgIpc) is 2.69. The number of pyridine rings is 1. The molecule has 0 aliphatic rings. The smallest absolute Gasteiger partial charge is 0.219 e. The highest BCUT2D eigenvalue weighted by Crippen LogP contribution is 2.16. The van der Waals surface area contributed by atoms with Gasteiger partial charge < -0.3 is 10.1 Å². The van der Waals surface area contributed by atoms with Crippen LogP contribution in [0.1, 0.15) is 30.5 Å². The third-order valence-electron chi connectivity index (χ3n) is 3.79. The Balaban J connectivity index is 1.59. The zero-order chi connectivity index (χ0) is 19.8. The lowest BCUT2D eigenvalue weighted by Crippen LogP contribution is -2.31. The van der Waals surface area contributed by atoms with Crippen LogP contribution in [0.15, 0.2) is 61.3 Å². The summed E-state index contributed by atoms with van der Waals surface area (Å²) >= 11 is 0. The minimum absolute atomic E-state index is 0.0166. The summed E-state index contributed by atoms with van der Waals surface area (Å²) in [4.78, 5) is 23.1. The van der Waals surface area contributed by atoms with Crippen molar-refractivity contribution in [2.45, 2.75) is 26.3 Å². The lowest BCUT2D eigenvalue weighted by atomic mass is 10.1. The van der Waals surface area contributed by atoms with Crippen molar-refractivity contribution in [1.29, 1.82) is 0 Å². The van der Waals surface area contributed by atoms with Gasteiger partial charge in [0, 0.05) is 36.4 Å². The van der Waals surface area contributed by atoms with Gasteiger partial charge in [-0.1, -0.05) is 24.0 Å². The summed E-state index contributed by atoms with van der Waals surface area (Å²) in [6, 6.07) is 11.7. The molecule has 1 atom stereocenters. The Hall–Kier alpha value is -3.72. The highest BCUT2D eigenvalue weighted by Gasteiger charge is 2.04. The van der Waals surface area contributed by atoms with Gasteiger partial charge in [0.25, 0.3) is 0 Å². The highest BCUT2D eigenvalue weighted by atomic mass is 16.5. The second-order valence-electron chi connectivity index (χ2n) is 6.31. The van der Waals surface area contributed by atoms with Crippen LogP contribution in [0.4, 0.5) is 0 Å². The van der Waals surface area contributed by atoms with Crippen molar-refractivity contribution < 1.29 is 9.53 Å². The summed E-state index contributed by atoms with van der Waals surface area (Å²) in [6.07, 6.45) is 7.03. The summed E-state index contributed by atoms with van der Waals surface area (Å²) in [5.41, 5.74) is 2.86. The van der Waals surface area contributed by atoms with Crippen LogP contribution in [-0.2, 0) is 11.2 Å². The van der Waals surface area contributed by atoms with Gasteiger partial charge in [-0.2, -0.15) is 0 Å². The molecule has 1 aromatic carbocycles. The first-order chi connectivity index (χ1) is 13.6. The van der Waals surface area contributed by atoms with E-state index in [0.29, 0.717) is 11.6 Å². The van der Waals surface area contributed by atoms with E-state index < -0.39 is 0 Å². The molecule has 3 rings (SSSR count). The molecular weight excluding hydrogens is 352 g/mol. The Labute approximate surface area is 164 Å². The minimum atomic E-state index is -0.0166. The van der Waals surface area contributed by atoms with Gasteiger partial charge in [-0.05, 0) is 37.1 Å². The molecule has 0 spiro atoms. The second-order valence-corrected chi connectivity index (χ2v) is 6.31. The van der Waals surface area contributed by atoms with E-state index in [4.69, 9.17) is 4.74 Å². The highest BCUT2D eigenvalue weighted by molar-refractivity contribution is 5.73. The molecule has 0 aliphatic heterocycles. The van der Waals surface area contributed by atoms with Gasteiger partial charge in [0.2, 0.25) is 11.8 Å². The molecule has 0 radical (unpaired) electrons. The van der Waals surface area contributed by atoms with Crippen molar-refractivity contribution in [3.63, 3.8) is 0 Å². The topological polar surface area (TPSA) is 77.0 Å². The van der Waals surface area contributed by atoms with Crippen LogP contribution < -0.4 is 10.1 Å². The summed E-state index contributed by atoms with van der Waals surface area (Å²) in [6.45, 7) is 3.51. The molecule has 1 amide bonds. The molecule has 1 N–H and O–H groups in total. The Morgan fingerprint density at radius 2 is 1.71 bits per heavy atom. The first-order valence-electron chi connectivity index (χ1n) is 8.85. The molecule has 1 unspecified atom stereocenters. The molecule has 0 aliphatic carbocycles. The molecule has 2 heterocycles. The van der Waals surface area contributed by atoms with Crippen LogP contribution >= 0.6 is 0 Å². The lowest BCUT2D eigenvalue weighted by Gasteiger charge is -2.12. The number of nitrogens with zero attached hydrogens (tertiary/aromatic N) is 3. The molecule has 0 saturated carbocycles. The van der Waals surface area contributed by atoms with Crippen LogP contribution in [0.3, 0.4) is 0 Å². The summed E-state index contributed by atoms with van der Waals surface area (Å²) in [5.74, 6) is 7.18. The van der Waals surface area contributed by atoms with Crippen molar-refractivity contribution in [1.82, 2.24) is 20.3 Å². The fraction of sp³-hybridized carbons (Fsp3) is 0.182. The number of carbonyl (C=O) groups is 1. The van der Waals surface area contributed by atoms with Gasteiger partial charge in [0.1, 0.15) is 6.33 Å². The van der Waals surface area contributed by atoms with Crippen molar-refractivity contribution in [3.8, 4) is 23.5 Å². The maximum atomic E-state index is 11.1. The standard InChI is InChI=1S/C22H20N4O2/c1-16(26-17(2)27)11-19-6-3-18(4-7-19)5-8-20-9-10-22(25-12-20)28-21-13-23-15-24-14-21/h3-4,6-7,9-10,12-16H,11H2,1-2H3,(H,26,27). The normalized spacial score (nSPS) is 11.1. The molecule has 3 aromatic rings. The average molecular weight is 372 g/mol. The summed E-state index contributed by atoms with van der Waals surface area (Å²) in [5, 5.41) is 2.88. The second kappa shape index (κ2) is 9.28. The number of nitrogens with one attached hydrogen (secondary N) is 1. The van der Waals surface area contributed by atoms with Gasteiger partial charge in [0.15, 0.2) is 5.75 Å². The minimum Gasteiger partial charge on any atom is -0.436 e. The quantitative estimate of drug-likeness (QED) is 0.696. The molecule has 2 aromatic heterocycles. The third-order valence-corrected chi connectivity index (χ3v) is 3.79. The summed E-state index contributed by atoms with van der Waals surface area (Å²) < 4.78 is 5.55. The van der Waals surface area contributed by atoms with Crippen LogP contribution in [0.5, 0.6) is 11.6 Å². The largest absolute Gasteiger partial charge is 0.436 e. The molecule has 140 valence electrons. The van der Waals surface area contributed by atoms with Gasteiger partial charge >= 0.3 is 0 Å². The van der Waals surface area contributed by atoms with Crippen LogP contribution in [0.25, 0.3) is 0 Å².